The second-order valence-corrected chi connectivity index (χ2v) is 4.26. The zero-order chi connectivity index (χ0) is 13.0. The largest absolute Gasteiger partial charge is 0.459 e. The van der Waals surface area contributed by atoms with E-state index in [1.807, 2.05) is 37.3 Å². The van der Waals surface area contributed by atoms with Gasteiger partial charge < -0.3 is 10.5 Å². The van der Waals surface area contributed by atoms with E-state index < -0.39 is 0 Å². The molecular weight excluding hydrogens is 246 g/mol. The molecule has 5 heteroatoms. The van der Waals surface area contributed by atoms with Crippen LogP contribution in [0.5, 0.6) is 6.01 Å². The van der Waals surface area contributed by atoms with Crippen molar-refractivity contribution in [3.8, 4) is 6.01 Å². The Morgan fingerprint density at radius 3 is 2.67 bits per heavy atom. The fourth-order valence-electron chi connectivity index (χ4n) is 1.45. The molecule has 0 aliphatic heterocycles. The van der Waals surface area contributed by atoms with Crippen LogP contribution in [0.4, 0.5) is 0 Å². The van der Waals surface area contributed by atoms with Gasteiger partial charge in [-0.25, -0.2) is 4.98 Å². The lowest BCUT2D eigenvalue weighted by Crippen LogP contribution is -2.13. The van der Waals surface area contributed by atoms with Crippen molar-refractivity contribution in [2.75, 3.05) is 0 Å². The molecule has 92 valence electrons. The molecule has 0 aliphatic carbocycles. The number of hydrogen-bond acceptors (Lipinski definition) is 4. The Balaban J connectivity index is 2.12. The summed E-state index contributed by atoms with van der Waals surface area (Å²) in [5.41, 5.74) is 7.90. The van der Waals surface area contributed by atoms with Crippen molar-refractivity contribution < 1.29 is 4.74 Å². The molecule has 0 bridgehead atoms. The number of nitrogens with two attached hydrogens (primary N) is 1. The Hall–Kier alpha value is -2.01. The van der Waals surface area contributed by atoms with E-state index in [1.54, 1.807) is 6.07 Å². The van der Waals surface area contributed by atoms with Gasteiger partial charge in [-0.3, -0.25) is 0 Å². The van der Waals surface area contributed by atoms with E-state index in [2.05, 4.69) is 9.97 Å². The van der Waals surface area contributed by atoms with Crippen molar-refractivity contribution >= 4 is 17.2 Å². The van der Waals surface area contributed by atoms with Gasteiger partial charge in [0.2, 0.25) is 0 Å². The van der Waals surface area contributed by atoms with Gasteiger partial charge in [-0.15, -0.1) is 0 Å². The molecule has 0 saturated heterocycles. The summed E-state index contributed by atoms with van der Waals surface area (Å²) in [7, 11) is 0. The number of thiocarbonyl (C=S) groups is 1. The van der Waals surface area contributed by atoms with Gasteiger partial charge in [0.05, 0.1) is 0 Å². The van der Waals surface area contributed by atoms with Gasteiger partial charge in [0.1, 0.15) is 17.3 Å². The average Bonchev–Trinajstić information content (AvgIpc) is 2.37. The summed E-state index contributed by atoms with van der Waals surface area (Å²) in [4.78, 5) is 8.57. The van der Waals surface area contributed by atoms with Gasteiger partial charge in [0.15, 0.2) is 0 Å². The molecule has 18 heavy (non-hydrogen) atoms. The van der Waals surface area contributed by atoms with Crippen molar-refractivity contribution in [3.63, 3.8) is 0 Å². The van der Waals surface area contributed by atoms with Gasteiger partial charge in [-0.1, -0.05) is 42.5 Å². The number of benzene rings is 1. The molecule has 2 N–H and O–H groups in total. The molecule has 0 atom stereocenters. The highest BCUT2D eigenvalue weighted by molar-refractivity contribution is 7.80. The molecule has 0 fully saturated rings. The summed E-state index contributed by atoms with van der Waals surface area (Å²) in [5, 5.41) is 0. The standard InChI is InChI=1S/C13H13N3OS/c1-9-7-11(12(14)18)16-13(15-9)17-8-10-5-3-2-4-6-10/h2-7H,8H2,1H3,(H2,14,18). The molecule has 0 amide bonds. The van der Waals surface area contributed by atoms with Crippen molar-refractivity contribution in [3.05, 3.63) is 53.3 Å². The summed E-state index contributed by atoms with van der Waals surface area (Å²) in [6.07, 6.45) is 0. The molecule has 2 aromatic rings. The topological polar surface area (TPSA) is 61.0 Å². The van der Waals surface area contributed by atoms with Crippen LogP contribution >= 0.6 is 12.2 Å². The lowest BCUT2D eigenvalue weighted by Gasteiger charge is -2.06. The summed E-state index contributed by atoms with van der Waals surface area (Å²) in [6, 6.07) is 11.8. The van der Waals surface area contributed by atoms with Crippen LogP contribution in [-0.2, 0) is 6.61 Å². The van der Waals surface area contributed by atoms with E-state index >= 15 is 0 Å². The van der Waals surface area contributed by atoms with Gasteiger partial charge in [-0.05, 0) is 18.6 Å². The minimum Gasteiger partial charge on any atom is -0.459 e. The van der Waals surface area contributed by atoms with Gasteiger partial charge in [0.25, 0.3) is 0 Å². The molecular formula is C13H13N3OS. The highest BCUT2D eigenvalue weighted by atomic mass is 32.1. The van der Waals surface area contributed by atoms with E-state index in [1.165, 1.54) is 0 Å². The van der Waals surface area contributed by atoms with Crippen LogP contribution < -0.4 is 10.5 Å². The molecule has 2 rings (SSSR count). The first kappa shape index (κ1) is 12.4. The third kappa shape index (κ3) is 3.24. The van der Waals surface area contributed by atoms with Crippen molar-refractivity contribution in [2.24, 2.45) is 5.73 Å². The van der Waals surface area contributed by atoms with Crippen LogP contribution in [0.15, 0.2) is 36.4 Å². The third-order valence-corrected chi connectivity index (χ3v) is 2.51. The number of nitrogens with zero attached hydrogens (tertiary/aromatic N) is 2. The highest BCUT2D eigenvalue weighted by Gasteiger charge is 2.05. The summed E-state index contributed by atoms with van der Waals surface area (Å²) in [6.45, 7) is 2.26. The van der Waals surface area contributed by atoms with Crippen LogP contribution in [0.1, 0.15) is 17.0 Å². The third-order valence-electron chi connectivity index (χ3n) is 2.30. The molecule has 4 nitrogen and oxygen atoms in total. The Kier molecular flexibility index (Phi) is 3.84. The van der Waals surface area contributed by atoms with E-state index in [9.17, 15) is 0 Å². The van der Waals surface area contributed by atoms with Crippen LogP contribution in [0.2, 0.25) is 0 Å². The highest BCUT2D eigenvalue weighted by Crippen LogP contribution is 2.09. The van der Waals surface area contributed by atoms with Gasteiger partial charge in [0, 0.05) is 5.69 Å². The minimum absolute atomic E-state index is 0.241. The van der Waals surface area contributed by atoms with Gasteiger partial charge >= 0.3 is 6.01 Å². The Morgan fingerprint density at radius 1 is 1.28 bits per heavy atom. The summed E-state index contributed by atoms with van der Waals surface area (Å²) in [5.74, 6) is 0. The number of ether oxygens (including phenoxy) is 1. The molecule has 1 heterocycles. The second-order valence-electron chi connectivity index (χ2n) is 3.82. The smallest absolute Gasteiger partial charge is 0.317 e. The van der Waals surface area contributed by atoms with Gasteiger partial charge in [-0.2, -0.15) is 4.98 Å². The maximum absolute atomic E-state index is 5.54. The summed E-state index contributed by atoms with van der Waals surface area (Å²) >= 11 is 4.89. The van der Waals surface area contributed by atoms with Crippen molar-refractivity contribution in [1.82, 2.24) is 9.97 Å². The number of rotatable bonds is 4. The number of aryl methyl sites for hydroxylation is 1. The number of aromatic nitrogens is 2. The minimum atomic E-state index is 0.241. The fourth-order valence-corrected chi connectivity index (χ4v) is 1.56. The molecule has 0 spiro atoms. The monoisotopic (exact) mass is 259 g/mol. The Bertz CT molecular complexity index is 557. The first-order valence-corrected chi connectivity index (χ1v) is 5.88. The fraction of sp³-hybridized carbons (Fsp3) is 0.154. The van der Waals surface area contributed by atoms with Crippen LogP contribution in [0.25, 0.3) is 0 Å². The van der Waals surface area contributed by atoms with E-state index in [0.717, 1.165) is 11.3 Å². The quantitative estimate of drug-likeness (QED) is 0.851. The van der Waals surface area contributed by atoms with E-state index in [0.29, 0.717) is 18.3 Å². The predicted octanol–water partition coefficient (Wildman–Crippen LogP) is 2.00. The lowest BCUT2D eigenvalue weighted by molar-refractivity contribution is 0.280. The molecule has 0 saturated carbocycles. The van der Waals surface area contributed by atoms with Crippen LogP contribution in [0.3, 0.4) is 0 Å². The molecule has 0 aliphatic rings. The predicted molar refractivity (Wildman–Crippen MR) is 73.4 cm³/mol. The Morgan fingerprint density at radius 2 is 2.00 bits per heavy atom. The first-order chi connectivity index (χ1) is 8.65. The second kappa shape index (κ2) is 5.55. The van der Waals surface area contributed by atoms with Crippen LogP contribution in [0, 0.1) is 6.92 Å². The van der Waals surface area contributed by atoms with Crippen molar-refractivity contribution in [1.29, 1.82) is 0 Å². The Labute approximate surface area is 111 Å². The summed E-state index contributed by atoms with van der Waals surface area (Å²) < 4.78 is 5.53. The lowest BCUT2D eigenvalue weighted by atomic mass is 10.2. The zero-order valence-electron chi connectivity index (χ0n) is 9.96. The average molecular weight is 259 g/mol. The van der Waals surface area contributed by atoms with Crippen molar-refractivity contribution in [2.45, 2.75) is 13.5 Å². The molecule has 1 aromatic heterocycles. The molecule has 0 unspecified atom stereocenters. The normalized spacial score (nSPS) is 10.1. The number of hydrogen-bond donors (Lipinski definition) is 1. The molecule has 0 radical (unpaired) electrons. The SMILES string of the molecule is Cc1cc(C(N)=S)nc(OCc2ccccc2)n1. The zero-order valence-corrected chi connectivity index (χ0v) is 10.8. The maximum atomic E-state index is 5.54. The van der Waals surface area contributed by atoms with E-state index in [-0.39, 0.29) is 4.99 Å². The van der Waals surface area contributed by atoms with Crippen LogP contribution in [-0.4, -0.2) is 15.0 Å². The first-order valence-electron chi connectivity index (χ1n) is 5.47. The van der Waals surface area contributed by atoms with E-state index in [4.69, 9.17) is 22.7 Å². The molecule has 1 aromatic carbocycles. The maximum Gasteiger partial charge on any atom is 0.317 e.